The van der Waals surface area contributed by atoms with Crippen LogP contribution in [0.3, 0.4) is 0 Å². The molecular weight excluding hydrogens is 258 g/mol. The Labute approximate surface area is 116 Å². The van der Waals surface area contributed by atoms with Gasteiger partial charge in [0.2, 0.25) is 0 Å². The molecule has 104 valence electrons. The quantitative estimate of drug-likeness (QED) is 0.868. The van der Waals surface area contributed by atoms with Crippen molar-refractivity contribution in [2.75, 3.05) is 7.11 Å². The number of aromatic carboxylic acids is 1. The molecule has 2 aromatic rings. The van der Waals surface area contributed by atoms with E-state index in [0.717, 1.165) is 5.56 Å². The first kappa shape index (κ1) is 13.9. The summed E-state index contributed by atoms with van der Waals surface area (Å²) in [6.07, 6.45) is 1.51. The Morgan fingerprint density at radius 1 is 1.25 bits per heavy atom. The molecule has 5 nitrogen and oxygen atoms in total. The lowest BCUT2D eigenvalue weighted by atomic mass is 10.0. The van der Waals surface area contributed by atoms with Crippen LogP contribution in [0.4, 0.5) is 0 Å². The summed E-state index contributed by atoms with van der Waals surface area (Å²) in [5.41, 5.74) is 1.76. The summed E-state index contributed by atoms with van der Waals surface area (Å²) in [6.45, 7) is 1.88. The lowest BCUT2D eigenvalue weighted by Gasteiger charge is -2.07. The summed E-state index contributed by atoms with van der Waals surface area (Å²) < 4.78 is 6.60. The normalized spacial score (nSPS) is 10.3. The fourth-order valence-corrected chi connectivity index (χ4v) is 2.06. The fraction of sp³-hybridized carbons (Fsp3) is 0.200. The minimum Gasteiger partial charge on any atom is -0.496 e. The molecule has 20 heavy (non-hydrogen) atoms. The lowest BCUT2D eigenvalue weighted by molar-refractivity contribution is 0.0686. The first-order valence-corrected chi connectivity index (χ1v) is 6.03. The first-order chi connectivity index (χ1) is 9.43. The number of ether oxygens (including phenoxy) is 1. The number of hydrogen-bond donors (Lipinski definition) is 1. The highest BCUT2D eigenvalue weighted by atomic mass is 16.5. The van der Waals surface area contributed by atoms with Crippen LogP contribution in [0.15, 0.2) is 30.5 Å². The molecule has 0 saturated carbocycles. The molecule has 0 fully saturated rings. The Balaban J connectivity index is 2.49. The summed E-state index contributed by atoms with van der Waals surface area (Å²) in [7, 11) is 3.09. The summed E-state index contributed by atoms with van der Waals surface area (Å²) in [5, 5.41) is 9.02. The van der Waals surface area contributed by atoms with Crippen molar-refractivity contribution in [1.82, 2.24) is 4.57 Å². The van der Waals surface area contributed by atoms with Crippen LogP contribution in [0.25, 0.3) is 0 Å². The smallest absolute Gasteiger partial charge is 0.352 e. The molecular formula is C15H15NO4. The molecule has 0 saturated heterocycles. The van der Waals surface area contributed by atoms with Crippen LogP contribution in [0.5, 0.6) is 5.75 Å². The van der Waals surface area contributed by atoms with Gasteiger partial charge in [0.15, 0.2) is 5.78 Å². The summed E-state index contributed by atoms with van der Waals surface area (Å²) in [4.78, 5) is 23.5. The van der Waals surface area contributed by atoms with E-state index in [-0.39, 0.29) is 11.5 Å². The van der Waals surface area contributed by atoms with Crippen molar-refractivity contribution in [2.24, 2.45) is 7.05 Å². The molecule has 0 aliphatic rings. The van der Waals surface area contributed by atoms with Crippen LogP contribution < -0.4 is 4.74 Å². The molecule has 0 bridgehead atoms. The van der Waals surface area contributed by atoms with E-state index < -0.39 is 5.97 Å². The summed E-state index contributed by atoms with van der Waals surface area (Å²) in [5.74, 6) is -0.849. The van der Waals surface area contributed by atoms with Gasteiger partial charge in [-0.2, -0.15) is 0 Å². The predicted octanol–water partition coefficient (Wildman–Crippen LogP) is 2.27. The van der Waals surface area contributed by atoms with E-state index in [9.17, 15) is 9.59 Å². The van der Waals surface area contributed by atoms with Gasteiger partial charge < -0.3 is 14.4 Å². The zero-order valence-corrected chi connectivity index (χ0v) is 11.5. The number of nitrogens with zero attached hydrogens (tertiary/aromatic N) is 1. The third kappa shape index (κ3) is 2.42. The van der Waals surface area contributed by atoms with Crippen LogP contribution in [0, 0.1) is 6.92 Å². The molecule has 1 aromatic heterocycles. The average Bonchev–Trinajstić information content (AvgIpc) is 2.80. The Bertz CT molecular complexity index is 685. The van der Waals surface area contributed by atoms with Crippen molar-refractivity contribution in [3.63, 3.8) is 0 Å². The number of aryl methyl sites for hydroxylation is 2. The SMILES string of the molecule is COc1ccc(C)cc1C(=O)c1cc(C(=O)O)n(C)c1. The zero-order chi connectivity index (χ0) is 14.9. The summed E-state index contributed by atoms with van der Waals surface area (Å²) in [6, 6.07) is 6.67. The van der Waals surface area contributed by atoms with E-state index in [2.05, 4.69) is 0 Å². The molecule has 0 spiro atoms. The fourth-order valence-electron chi connectivity index (χ4n) is 2.06. The minimum absolute atomic E-state index is 0.0694. The van der Waals surface area contributed by atoms with Gasteiger partial charge in [0.25, 0.3) is 0 Å². The van der Waals surface area contributed by atoms with Crippen molar-refractivity contribution >= 4 is 11.8 Å². The number of benzene rings is 1. The molecule has 1 heterocycles. The monoisotopic (exact) mass is 273 g/mol. The molecule has 2 rings (SSSR count). The highest BCUT2D eigenvalue weighted by molar-refractivity contribution is 6.11. The Hall–Kier alpha value is -2.56. The molecule has 1 aromatic carbocycles. The zero-order valence-electron chi connectivity index (χ0n) is 11.5. The average molecular weight is 273 g/mol. The van der Waals surface area contributed by atoms with Gasteiger partial charge in [0.05, 0.1) is 12.7 Å². The first-order valence-electron chi connectivity index (χ1n) is 6.03. The van der Waals surface area contributed by atoms with Gasteiger partial charge in [0.1, 0.15) is 11.4 Å². The minimum atomic E-state index is -1.07. The van der Waals surface area contributed by atoms with Gasteiger partial charge in [-0.15, -0.1) is 0 Å². The molecule has 1 N–H and O–H groups in total. The van der Waals surface area contributed by atoms with Crippen molar-refractivity contribution < 1.29 is 19.4 Å². The third-order valence-electron chi connectivity index (χ3n) is 3.09. The van der Waals surface area contributed by atoms with Gasteiger partial charge in [-0.3, -0.25) is 4.79 Å². The standard InChI is InChI=1S/C15H15NO4/c1-9-4-5-13(20-3)11(6-9)14(17)10-7-12(15(18)19)16(2)8-10/h4-8H,1-3H3,(H,18,19). The van der Waals surface area contributed by atoms with E-state index in [1.807, 2.05) is 13.0 Å². The van der Waals surface area contributed by atoms with E-state index in [1.165, 1.54) is 23.9 Å². The topological polar surface area (TPSA) is 68.5 Å². The number of carbonyl (C=O) groups is 2. The number of hydrogen-bond acceptors (Lipinski definition) is 3. The molecule has 0 amide bonds. The molecule has 0 radical (unpaired) electrons. The maximum atomic E-state index is 12.5. The highest BCUT2D eigenvalue weighted by Crippen LogP contribution is 2.23. The second-order valence-electron chi connectivity index (χ2n) is 4.56. The van der Waals surface area contributed by atoms with E-state index in [4.69, 9.17) is 9.84 Å². The number of aromatic nitrogens is 1. The van der Waals surface area contributed by atoms with Gasteiger partial charge in [-0.1, -0.05) is 11.6 Å². The van der Waals surface area contributed by atoms with Crippen LogP contribution in [0.2, 0.25) is 0 Å². The number of ketones is 1. The van der Waals surface area contributed by atoms with Gasteiger partial charge in [-0.05, 0) is 25.1 Å². The van der Waals surface area contributed by atoms with Crippen molar-refractivity contribution in [3.05, 3.63) is 52.8 Å². The number of rotatable bonds is 4. The van der Waals surface area contributed by atoms with Crippen LogP contribution in [-0.2, 0) is 7.05 Å². The largest absolute Gasteiger partial charge is 0.496 e. The van der Waals surface area contributed by atoms with Gasteiger partial charge in [-0.25, -0.2) is 4.79 Å². The van der Waals surface area contributed by atoms with Gasteiger partial charge >= 0.3 is 5.97 Å². The highest BCUT2D eigenvalue weighted by Gasteiger charge is 2.19. The maximum Gasteiger partial charge on any atom is 0.352 e. The molecule has 0 aliphatic heterocycles. The number of carboxylic acids is 1. The molecule has 0 aliphatic carbocycles. The number of methoxy groups -OCH3 is 1. The van der Waals surface area contributed by atoms with Crippen LogP contribution in [-0.4, -0.2) is 28.5 Å². The number of carboxylic acid groups (broad SMARTS) is 1. The summed E-state index contributed by atoms with van der Waals surface area (Å²) >= 11 is 0. The van der Waals surface area contributed by atoms with Gasteiger partial charge in [0, 0.05) is 18.8 Å². The van der Waals surface area contributed by atoms with Crippen LogP contribution in [0.1, 0.15) is 32.0 Å². The van der Waals surface area contributed by atoms with Crippen molar-refractivity contribution in [2.45, 2.75) is 6.92 Å². The molecule has 0 unspecified atom stereocenters. The van der Waals surface area contributed by atoms with E-state index >= 15 is 0 Å². The molecule has 5 heteroatoms. The Morgan fingerprint density at radius 2 is 1.95 bits per heavy atom. The Kier molecular flexibility index (Phi) is 3.61. The Morgan fingerprint density at radius 3 is 2.50 bits per heavy atom. The second-order valence-corrected chi connectivity index (χ2v) is 4.56. The lowest BCUT2D eigenvalue weighted by Crippen LogP contribution is -2.03. The van der Waals surface area contributed by atoms with Crippen LogP contribution >= 0.6 is 0 Å². The van der Waals surface area contributed by atoms with Crippen molar-refractivity contribution in [1.29, 1.82) is 0 Å². The van der Waals surface area contributed by atoms with E-state index in [0.29, 0.717) is 16.9 Å². The third-order valence-corrected chi connectivity index (χ3v) is 3.09. The predicted molar refractivity (Wildman–Crippen MR) is 73.5 cm³/mol. The molecule has 0 atom stereocenters. The van der Waals surface area contributed by atoms with Crippen molar-refractivity contribution in [3.8, 4) is 5.75 Å². The number of carbonyl (C=O) groups excluding carboxylic acids is 1. The second kappa shape index (κ2) is 5.21. The van der Waals surface area contributed by atoms with E-state index in [1.54, 1.807) is 19.2 Å². The maximum absolute atomic E-state index is 12.5.